The van der Waals surface area contributed by atoms with E-state index in [1.165, 1.54) is 51.4 Å². The highest BCUT2D eigenvalue weighted by atomic mass is 16.5. The molecule has 1 rings (SSSR count). The van der Waals surface area contributed by atoms with Gasteiger partial charge in [-0.2, -0.15) is 0 Å². The molecule has 0 saturated heterocycles. The van der Waals surface area contributed by atoms with E-state index in [1.54, 1.807) is 0 Å². The van der Waals surface area contributed by atoms with Gasteiger partial charge in [0.25, 0.3) is 0 Å². The predicted molar refractivity (Wildman–Crippen MR) is 123 cm³/mol. The van der Waals surface area contributed by atoms with E-state index in [9.17, 15) is 9.59 Å². The minimum absolute atomic E-state index is 0.0278. The molecule has 0 aromatic rings. The van der Waals surface area contributed by atoms with E-state index in [4.69, 9.17) is 9.47 Å². The molecule has 0 spiro atoms. The quantitative estimate of drug-likeness (QED) is 0.182. The fourth-order valence-electron chi connectivity index (χ4n) is 4.21. The summed E-state index contributed by atoms with van der Waals surface area (Å²) in [5, 5.41) is 0. The minimum atomic E-state index is -0.0622. The molecular weight excluding hydrogens is 376 g/mol. The Morgan fingerprint density at radius 2 is 1.07 bits per heavy atom. The van der Waals surface area contributed by atoms with Crippen LogP contribution in [0.4, 0.5) is 0 Å². The Hall–Kier alpha value is -1.06. The third-order valence-corrected chi connectivity index (χ3v) is 6.31. The molecule has 4 heteroatoms. The Morgan fingerprint density at radius 1 is 0.667 bits per heavy atom. The van der Waals surface area contributed by atoms with Crippen molar-refractivity contribution in [2.24, 2.45) is 17.8 Å². The maximum Gasteiger partial charge on any atom is 0.308 e. The van der Waals surface area contributed by atoms with Crippen LogP contribution in [0.2, 0.25) is 0 Å². The lowest BCUT2D eigenvalue weighted by atomic mass is 9.82. The Kier molecular flexibility index (Phi) is 15.8. The molecule has 176 valence electrons. The summed E-state index contributed by atoms with van der Waals surface area (Å²) >= 11 is 0. The Labute approximate surface area is 185 Å². The molecule has 1 aliphatic rings. The van der Waals surface area contributed by atoms with Gasteiger partial charge in [0.05, 0.1) is 25.0 Å². The van der Waals surface area contributed by atoms with Crippen LogP contribution in [0.25, 0.3) is 0 Å². The van der Waals surface area contributed by atoms with Crippen molar-refractivity contribution in [2.75, 3.05) is 13.2 Å². The van der Waals surface area contributed by atoms with Gasteiger partial charge in [0.2, 0.25) is 0 Å². The van der Waals surface area contributed by atoms with Gasteiger partial charge in [-0.15, -0.1) is 0 Å². The zero-order chi connectivity index (χ0) is 22.0. The van der Waals surface area contributed by atoms with E-state index in [1.807, 2.05) is 0 Å². The molecule has 0 aromatic heterocycles. The summed E-state index contributed by atoms with van der Waals surface area (Å²) in [6.45, 7) is 7.85. The largest absolute Gasteiger partial charge is 0.465 e. The van der Waals surface area contributed by atoms with Gasteiger partial charge in [-0.3, -0.25) is 9.59 Å². The van der Waals surface area contributed by atoms with E-state index in [0.717, 1.165) is 57.3 Å². The third kappa shape index (κ3) is 13.3. The van der Waals surface area contributed by atoms with Crippen LogP contribution in [0.3, 0.4) is 0 Å². The molecule has 0 N–H and O–H groups in total. The van der Waals surface area contributed by atoms with Crippen molar-refractivity contribution < 1.29 is 19.1 Å². The number of unbranched alkanes of at least 4 members (excludes halogenated alkanes) is 9. The smallest absolute Gasteiger partial charge is 0.308 e. The van der Waals surface area contributed by atoms with Crippen LogP contribution in [0, 0.1) is 17.8 Å². The zero-order valence-electron chi connectivity index (χ0n) is 20.1. The molecular formula is C26H48O4. The van der Waals surface area contributed by atoms with Crippen molar-refractivity contribution in [3.05, 3.63) is 0 Å². The van der Waals surface area contributed by atoms with Gasteiger partial charge in [-0.05, 0) is 44.4 Å². The Balaban J connectivity index is 2.01. The second-order valence-corrected chi connectivity index (χ2v) is 9.60. The molecule has 1 saturated carbocycles. The molecule has 0 aromatic carbocycles. The molecule has 0 atom stereocenters. The molecule has 0 aliphatic heterocycles. The second kappa shape index (κ2) is 17.6. The lowest BCUT2D eigenvalue weighted by Crippen LogP contribution is -2.28. The highest BCUT2D eigenvalue weighted by Gasteiger charge is 2.31. The molecule has 0 radical (unpaired) electrons. The van der Waals surface area contributed by atoms with E-state index >= 15 is 0 Å². The molecule has 1 fully saturated rings. The van der Waals surface area contributed by atoms with Gasteiger partial charge in [0.1, 0.15) is 0 Å². The lowest BCUT2D eigenvalue weighted by molar-refractivity contribution is -0.155. The Bertz CT molecular complexity index is 438. The molecule has 0 heterocycles. The second-order valence-electron chi connectivity index (χ2n) is 9.60. The highest BCUT2D eigenvalue weighted by molar-refractivity contribution is 5.75. The molecule has 0 unspecified atom stereocenters. The van der Waals surface area contributed by atoms with Crippen molar-refractivity contribution in [1.82, 2.24) is 0 Å². The Morgan fingerprint density at radius 3 is 1.50 bits per heavy atom. The van der Waals surface area contributed by atoms with Crippen LogP contribution in [0.5, 0.6) is 0 Å². The maximum atomic E-state index is 12.3. The van der Waals surface area contributed by atoms with Crippen LogP contribution in [-0.4, -0.2) is 25.2 Å². The van der Waals surface area contributed by atoms with Crippen molar-refractivity contribution in [1.29, 1.82) is 0 Å². The monoisotopic (exact) mass is 424 g/mol. The van der Waals surface area contributed by atoms with Gasteiger partial charge in [0.15, 0.2) is 0 Å². The molecule has 0 bridgehead atoms. The van der Waals surface area contributed by atoms with Crippen LogP contribution in [0.15, 0.2) is 0 Å². The highest BCUT2D eigenvalue weighted by Crippen LogP contribution is 2.30. The van der Waals surface area contributed by atoms with Crippen molar-refractivity contribution >= 4 is 11.9 Å². The maximum absolute atomic E-state index is 12.3. The zero-order valence-corrected chi connectivity index (χ0v) is 20.1. The van der Waals surface area contributed by atoms with Crippen LogP contribution in [-0.2, 0) is 19.1 Å². The molecule has 30 heavy (non-hydrogen) atoms. The number of rotatable bonds is 17. The van der Waals surface area contributed by atoms with Crippen LogP contribution in [0.1, 0.15) is 124 Å². The van der Waals surface area contributed by atoms with E-state index in [2.05, 4.69) is 20.8 Å². The first-order valence-electron chi connectivity index (χ1n) is 12.9. The van der Waals surface area contributed by atoms with E-state index in [-0.39, 0.29) is 23.8 Å². The standard InChI is InChI=1S/C26H48O4/c1-4-5-6-7-10-13-20-29-25(27)23-16-18-24(19-17-23)26(28)30-21-14-11-8-9-12-15-22(2)3/h22-24H,4-21H2,1-3H3. The van der Waals surface area contributed by atoms with Gasteiger partial charge >= 0.3 is 11.9 Å². The van der Waals surface area contributed by atoms with Crippen LogP contribution >= 0.6 is 0 Å². The topological polar surface area (TPSA) is 52.6 Å². The predicted octanol–water partition coefficient (Wildman–Crippen LogP) is 7.24. The van der Waals surface area contributed by atoms with Crippen molar-refractivity contribution in [2.45, 2.75) is 124 Å². The number of esters is 2. The summed E-state index contributed by atoms with van der Waals surface area (Å²) in [5.74, 6) is 0.614. The summed E-state index contributed by atoms with van der Waals surface area (Å²) in [5.41, 5.74) is 0. The van der Waals surface area contributed by atoms with Crippen molar-refractivity contribution in [3.8, 4) is 0 Å². The summed E-state index contributed by atoms with van der Waals surface area (Å²) in [6.07, 6.45) is 17.4. The number of carbonyl (C=O) groups is 2. The van der Waals surface area contributed by atoms with E-state index < -0.39 is 0 Å². The van der Waals surface area contributed by atoms with Gasteiger partial charge < -0.3 is 9.47 Å². The first-order valence-corrected chi connectivity index (χ1v) is 12.9. The van der Waals surface area contributed by atoms with Gasteiger partial charge in [-0.25, -0.2) is 0 Å². The summed E-state index contributed by atoms with van der Waals surface area (Å²) in [7, 11) is 0. The summed E-state index contributed by atoms with van der Waals surface area (Å²) < 4.78 is 10.9. The average Bonchev–Trinajstić information content (AvgIpc) is 2.74. The number of hydrogen-bond donors (Lipinski definition) is 0. The lowest BCUT2D eigenvalue weighted by Gasteiger charge is -2.26. The third-order valence-electron chi connectivity index (χ3n) is 6.31. The first kappa shape index (κ1) is 27.0. The number of hydrogen-bond acceptors (Lipinski definition) is 4. The average molecular weight is 425 g/mol. The van der Waals surface area contributed by atoms with Gasteiger partial charge in [0, 0.05) is 0 Å². The number of carbonyl (C=O) groups excluding carboxylic acids is 2. The van der Waals surface area contributed by atoms with Crippen molar-refractivity contribution in [3.63, 3.8) is 0 Å². The SMILES string of the molecule is CCCCCCCCOC(=O)C1CCC(C(=O)OCCCCCCCC(C)C)CC1. The van der Waals surface area contributed by atoms with E-state index in [0.29, 0.717) is 13.2 Å². The molecule has 1 aliphatic carbocycles. The number of ether oxygens (including phenoxy) is 2. The molecule has 0 amide bonds. The fourth-order valence-corrected chi connectivity index (χ4v) is 4.21. The summed E-state index contributed by atoms with van der Waals surface area (Å²) in [4.78, 5) is 24.5. The van der Waals surface area contributed by atoms with Gasteiger partial charge in [-0.1, -0.05) is 85.0 Å². The first-order chi connectivity index (χ1) is 14.5. The molecule has 4 nitrogen and oxygen atoms in total. The minimum Gasteiger partial charge on any atom is -0.465 e. The normalized spacial score (nSPS) is 19.1. The fraction of sp³-hybridized carbons (Fsp3) is 0.923. The summed E-state index contributed by atoms with van der Waals surface area (Å²) in [6, 6.07) is 0. The van der Waals surface area contributed by atoms with Crippen LogP contribution < -0.4 is 0 Å².